The number of hydrogen-bond donors (Lipinski definition) is 2. The molecule has 0 aliphatic heterocycles. The van der Waals surface area contributed by atoms with Crippen molar-refractivity contribution in [1.29, 1.82) is 0 Å². The number of aromatic hydroxyl groups is 1. The lowest BCUT2D eigenvalue weighted by molar-refractivity contribution is 0.415. The first-order chi connectivity index (χ1) is 14.0. The maximum atomic E-state index is 10.2. The molecule has 3 aromatic rings. The van der Waals surface area contributed by atoms with Crippen LogP contribution in [-0.4, -0.2) is 17.3 Å². The predicted molar refractivity (Wildman–Crippen MR) is 124 cm³/mol. The van der Waals surface area contributed by atoms with Crippen LogP contribution in [0.1, 0.15) is 30.9 Å². The number of nitrogens with zero attached hydrogens (tertiary/aromatic N) is 1. The number of thiocarbonyl (C=S) groups is 1. The van der Waals surface area contributed by atoms with Crippen molar-refractivity contribution in [2.45, 2.75) is 26.3 Å². The van der Waals surface area contributed by atoms with Crippen LogP contribution in [0.4, 0.5) is 11.4 Å². The second-order valence-corrected chi connectivity index (χ2v) is 7.51. The van der Waals surface area contributed by atoms with Gasteiger partial charge >= 0.3 is 0 Å². The maximum Gasteiger partial charge on any atom is 0.178 e. The van der Waals surface area contributed by atoms with Crippen LogP contribution in [0, 0.1) is 0 Å². The summed E-state index contributed by atoms with van der Waals surface area (Å²) >= 11 is 5.73. The Labute approximate surface area is 177 Å². The minimum atomic E-state index is 0.245. The van der Waals surface area contributed by atoms with Crippen molar-refractivity contribution in [3.8, 4) is 11.5 Å². The number of para-hydroxylation sites is 1. The van der Waals surface area contributed by atoms with E-state index in [9.17, 15) is 5.11 Å². The minimum absolute atomic E-state index is 0.245. The summed E-state index contributed by atoms with van der Waals surface area (Å²) in [4.78, 5) is 1.96. The van der Waals surface area contributed by atoms with Gasteiger partial charge in [-0.1, -0.05) is 44.2 Å². The molecule has 0 atom stereocenters. The van der Waals surface area contributed by atoms with Crippen LogP contribution in [0.2, 0.25) is 0 Å². The van der Waals surface area contributed by atoms with Crippen molar-refractivity contribution in [2.75, 3.05) is 17.3 Å². The Morgan fingerprint density at radius 1 is 1.00 bits per heavy atom. The summed E-state index contributed by atoms with van der Waals surface area (Å²) in [5.41, 5.74) is 3.91. The molecular weight excluding hydrogens is 380 g/mol. The standard InChI is InChI=1S/C24H26N2O2S/c1-17(2)18-8-10-20(11-9-18)25-24(29)26(16-19-6-4-5-7-23(19)27)21-12-14-22(28-3)15-13-21/h4-15,17,27H,16H2,1-3H3,(H,25,29). The molecule has 3 aromatic carbocycles. The van der Waals surface area contributed by atoms with E-state index in [2.05, 4.69) is 31.3 Å². The first kappa shape index (κ1) is 20.7. The molecular formula is C24H26N2O2S. The third-order valence-corrected chi connectivity index (χ3v) is 5.10. The third-order valence-electron chi connectivity index (χ3n) is 4.78. The molecule has 0 aromatic heterocycles. The van der Waals surface area contributed by atoms with Crippen LogP contribution in [0.3, 0.4) is 0 Å². The highest BCUT2D eigenvalue weighted by Gasteiger charge is 2.15. The molecule has 0 saturated heterocycles. The first-order valence-electron chi connectivity index (χ1n) is 9.57. The second-order valence-electron chi connectivity index (χ2n) is 7.12. The summed E-state index contributed by atoms with van der Waals surface area (Å²) in [6, 6.07) is 23.3. The SMILES string of the molecule is COc1ccc(N(Cc2ccccc2O)C(=S)Nc2ccc(C(C)C)cc2)cc1. The Morgan fingerprint density at radius 3 is 2.24 bits per heavy atom. The fraction of sp³-hybridized carbons (Fsp3) is 0.208. The van der Waals surface area contributed by atoms with Crippen LogP contribution >= 0.6 is 12.2 Å². The van der Waals surface area contributed by atoms with E-state index in [0.717, 1.165) is 22.7 Å². The molecule has 2 N–H and O–H groups in total. The maximum absolute atomic E-state index is 10.2. The lowest BCUT2D eigenvalue weighted by atomic mass is 10.0. The number of anilines is 2. The zero-order valence-electron chi connectivity index (χ0n) is 16.9. The number of ether oxygens (including phenoxy) is 1. The summed E-state index contributed by atoms with van der Waals surface area (Å²) in [5.74, 6) is 1.50. The van der Waals surface area contributed by atoms with Gasteiger partial charge in [-0.25, -0.2) is 0 Å². The lowest BCUT2D eigenvalue weighted by Gasteiger charge is -2.27. The summed E-state index contributed by atoms with van der Waals surface area (Å²) in [5, 5.41) is 14.1. The van der Waals surface area contributed by atoms with Crippen LogP contribution < -0.4 is 15.0 Å². The quantitative estimate of drug-likeness (QED) is 0.497. The molecule has 3 rings (SSSR count). The van der Waals surface area contributed by atoms with Crippen molar-refractivity contribution in [2.24, 2.45) is 0 Å². The molecule has 0 aliphatic carbocycles. The predicted octanol–water partition coefficient (Wildman–Crippen LogP) is 5.93. The summed E-state index contributed by atoms with van der Waals surface area (Å²) < 4.78 is 5.27. The average molecular weight is 407 g/mol. The van der Waals surface area contributed by atoms with Gasteiger partial charge in [-0.15, -0.1) is 0 Å². The summed E-state index contributed by atoms with van der Waals surface area (Å²) in [6.07, 6.45) is 0. The number of methoxy groups -OCH3 is 1. The molecule has 150 valence electrons. The highest BCUT2D eigenvalue weighted by Crippen LogP contribution is 2.26. The molecule has 0 amide bonds. The number of benzene rings is 3. The normalized spacial score (nSPS) is 10.6. The third kappa shape index (κ3) is 5.27. The van der Waals surface area contributed by atoms with E-state index in [4.69, 9.17) is 17.0 Å². The molecule has 0 bridgehead atoms. The van der Waals surface area contributed by atoms with Crippen molar-refractivity contribution in [3.05, 3.63) is 83.9 Å². The lowest BCUT2D eigenvalue weighted by Crippen LogP contribution is -2.34. The van der Waals surface area contributed by atoms with E-state index in [-0.39, 0.29) is 5.75 Å². The van der Waals surface area contributed by atoms with Crippen molar-refractivity contribution in [1.82, 2.24) is 0 Å². The molecule has 0 aliphatic rings. The van der Waals surface area contributed by atoms with Crippen LogP contribution in [0.5, 0.6) is 11.5 Å². The van der Waals surface area contributed by atoms with Gasteiger partial charge in [-0.05, 0) is 66.2 Å². The Hall–Kier alpha value is -3.05. The van der Waals surface area contributed by atoms with Crippen molar-refractivity contribution < 1.29 is 9.84 Å². The highest BCUT2D eigenvalue weighted by molar-refractivity contribution is 7.80. The average Bonchev–Trinajstić information content (AvgIpc) is 2.73. The van der Waals surface area contributed by atoms with E-state index in [0.29, 0.717) is 17.6 Å². The van der Waals surface area contributed by atoms with Gasteiger partial charge < -0.3 is 20.1 Å². The van der Waals surface area contributed by atoms with E-state index in [1.54, 1.807) is 13.2 Å². The fourth-order valence-electron chi connectivity index (χ4n) is 3.00. The van der Waals surface area contributed by atoms with Gasteiger partial charge in [0.15, 0.2) is 5.11 Å². The van der Waals surface area contributed by atoms with Gasteiger partial charge in [0.05, 0.1) is 13.7 Å². The number of nitrogens with one attached hydrogen (secondary N) is 1. The smallest absolute Gasteiger partial charge is 0.178 e. The minimum Gasteiger partial charge on any atom is -0.508 e. The second kappa shape index (κ2) is 9.43. The zero-order valence-corrected chi connectivity index (χ0v) is 17.7. The van der Waals surface area contributed by atoms with E-state index < -0.39 is 0 Å². The van der Waals surface area contributed by atoms with Gasteiger partial charge in [-0.3, -0.25) is 0 Å². The van der Waals surface area contributed by atoms with E-state index in [1.807, 2.05) is 59.5 Å². The Balaban J connectivity index is 1.86. The van der Waals surface area contributed by atoms with Gasteiger partial charge in [-0.2, -0.15) is 0 Å². The van der Waals surface area contributed by atoms with Crippen LogP contribution in [0.25, 0.3) is 0 Å². The molecule has 0 heterocycles. The van der Waals surface area contributed by atoms with Gasteiger partial charge in [0, 0.05) is 16.9 Å². The molecule has 0 saturated carbocycles. The number of rotatable bonds is 6. The molecule has 4 nitrogen and oxygen atoms in total. The molecule has 0 fully saturated rings. The van der Waals surface area contributed by atoms with Crippen molar-refractivity contribution >= 4 is 28.7 Å². The largest absolute Gasteiger partial charge is 0.508 e. The molecule has 0 spiro atoms. The zero-order chi connectivity index (χ0) is 20.8. The first-order valence-corrected chi connectivity index (χ1v) is 9.98. The summed E-state index contributed by atoms with van der Waals surface area (Å²) in [6.45, 7) is 4.78. The van der Waals surface area contributed by atoms with Crippen LogP contribution in [-0.2, 0) is 6.54 Å². The Bertz CT molecular complexity index is 953. The number of phenols is 1. The Kier molecular flexibility index (Phi) is 6.73. The number of phenolic OH excluding ortho intramolecular Hbond substituents is 1. The topological polar surface area (TPSA) is 44.7 Å². The Morgan fingerprint density at radius 2 is 1.66 bits per heavy atom. The van der Waals surface area contributed by atoms with Gasteiger partial charge in [0.2, 0.25) is 0 Å². The fourth-order valence-corrected chi connectivity index (χ4v) is 3.29. The van der Waals surface area contributed by atoms with E-state index in [1.165, 1.54) is 5.56 Å². The van der Waals surface area contributed by atoms with Crippen molar-refractivity contribution in [3.63, 3.8) is 0 Å². The highest BCUT2D eigenvalue weighted by atomic mass is 32.1. The molecule has 5 heteroatoms. The molecule has 0 radical (unpaired) electrons. The van der Waals surface area contributed by atoms with Crippen LogP contribution in [0.15, 0.2) is 72.8 Å². The summed E-state index contributed by atoms with van der Waals surface area (Å²) in [7, 11) is 1.64. The van der Waals surface area contributed by atoms with Gasteiger partial charge in [0.25, 0.3) is 0 Å². The van der Waals surface area contributed by atoms with Gasteiger partial charge in [0.1, 0.15) is 11.5 Å². The monoisotopic (exact) mass is 406 g/mol. The molecule has 0 unspecified atom stereocenters. The molecule has 29 heavy (non-hydrogen) atoms. The van der Waals surface area contributed by atoms with E-state index >= 15 is 0 Å². The number of hydrogen-bond acceptors (Lipinski definition) is 3.